The molecule has 132 valence electrons. The molecule has 1 heterocycles. The standard InChI is InChI=1S/C17H28O5S/c1-10-9-20-23(19)22-16-13(10)5-7-17(4)8-6-14(21-12(3)18)11(2)15(16)17/h10-11,13-16H,5-9H2,1-4H3/t10-,11+,13+,14+,15-,16+,17+,23?/m1/s1. The molecule has 3 aliphatic rings. The molecule has 0 bridgehead atoms. The van der Waals surface area contributed by atoms with Crippen LogP contribution in [0.15, 0.2) is 0 Å². The van der Waals surface area contributed by atoms with Crippen LogP contribution in [0.5, 0.6) is 0 Å². The van der Waals surface area contributed by atoms with Crippen LogP contribution in [0.3, 0.4) is 0 Å². The van der Waals surface area contributed by atoms with Crippen LogP contribution in [0.1, 0.15) is 53.4 Å². The van der Waals surface area contributed by atoms with E-state index in [2.05, 4.69) is 20.8 Å². The number of rotatable bonds is 1. The van der Waals surface area contributed by atoms with Crippen molar-refractivity contribution in [1.29, 1.82) is 0 Å². The van der Waals surface area contributed by atoms with E-state index in [0.717, 1.165) is 25.7 Å². The van der Waals surface area contributed by atoms with Crippen molar-refractivity contribution in [2.24, 2.45) is 29.1 Å². The molecule has 0 aromatic rings. The highest BCUT2D eigenvalue weighted by atomic mass is 32.2. The third-order valence-corrected chi connectivity index (χ3v) is 7.16. The van der Waals surface area contributed by atoms with Crippen LogP contribution in [0.25, 0.3) is 0 Å². The van der Waals surface area contributed by atoms with E-state index in [4.69, 9.17) is 13.1 Å². The predicted molar refractivity (Wildman–Crippen MR) is 86.4 cm³/mol. The van der Waals surface area contributed by atoms with Gasteiger partial charge in [-0.2, -0.15) is 4.21 Å². The van der Waals surface area contributed by atoms with Crippen molar-refractivity contribution in [2.75, 3.05) is 6.61 Å². The van der Waals surface area contributed by atoms with Gasteiger partial charge in [0, 0.05) is 6.92 Å². The summed E-state index contributed by atoms with van der Waals surface area (Å²) in [6.45, 7) is 8.58. The first kappa shape index (κ1) is 17.4. The molecule has 8 atom stereocenters. The Balaban J connectivity index is 1.90. The third-order valence-electron chi connectivity index (χ3n) is 6.45. The lowest BCUT2D eigenvalue weighted by molar-refractivity contribution is -0.168. The minimum atomic E-state index is -1.67. The molecule has 0 aromatic carbocycles. The highest BCUT2D eigenvalue weighted by molar-refractivity contribution is 7.75. The minimum absolute atomic E-state index is 0.0687. The van der Waals surface area contributed by atoms with Gasteiger partial charge in [0.25, 0.3) is 0 Å². The van der Waals surface area contributed by atoms with Crippen LogP contribution < -0.4 is 0 Å². The van der Waals surface area contributed by atoms with Crippen molar-refractivity contribution in [3.8, 4) is 0 Å². The maximum atomic E-state index is 12.0. The zero-order chi connectivity index (χ0) is 16.8. The lowest BCUT2D eigenvalue weighted by Gasteiger charge is -2.55. The van der Waals surface area contributed by atoms with Crippen LogP contribution >= 0.6 is 0 Å². The fourth-order valence-corrected chi connectivity index (χ4v) is 6.03. The van der Waals surface area contributed by atoms with Crippen LogP contribution in [0.2, 0.25) is 0 Å². The van der Waals surface area contributed by atoms with E-state index in [1.54, 1.807) is 0 Å². The Hall–Kier alpha value is -0.460. The van der Waals surface area contributed by atoms with Crippen LogP contribution in [-0.4, -0.2) is 29.0 Å². The number of hydrogen-bond acceptors (Lipinski definition) is 5. The van der Waals surface area contributed by atoms with Crippen molar-refractivity contribution < 1.29 is 22.1 Å². The molecular weight excluding hydrogens is 316 g/mol. The Morgan fingerprint density at radius 2 is 1.96 bits per heavy atom. The molecule has 1 aliphatic heterocycles. The zero-order valence-electron chi connectivity index (χ0n) is 14.4. The SMILES string of the molecule is CC(=O)O[C@H]1CC[C@]2(C)CC[C@@H]3[C@H](OS(=O)OC[C@H]3C)[C@H]2[C@H]1C. The Bertz CT molecular complexity index is 495. The van der Waals surface area contributed by atoms with Gasteiger partial charge < -0.3 is 4.74 Å². The van der Waals surface area contributed by atoms with Gasteiger partial charge >= 0.3 is 17.3 Å². The second-order valence-electron chi connectivity index (χ2n) is 7.95. The van der Waals surface area contributed by atoms with Gasteiger partial charge in [0.2, 0.25) is 0 Å². The van der Waals surface area contributed by atoms with Crippen molar-refractivity contribution >= 4 is 17.3 Å². The fourth-order valence-electron chi connectivity index (χ4n) is 5.21. The van der Waals surface area contributed by atoms with Crippen molar-refractivity contribution in [2.45, 2.75) is 65.6 Å². The number of carbonyl (C=O) groups excluding carboxylic acids is 1. The van der Waals surface area contributed by atoms with Gasteiger partial charge in [0.1, 0.15) is 6.10 Å². The smallest absolute Gasteiger partial charge is 0.304 e. The number of esters is 1. The maximum Gasteiger partial charge on any atom is 0.304 e. The average Bonchev–Trinajstić information content (AvgIpc) is 2.61. The highest BCUT2D eigenvalue weighted by Crippen LogP contribution is 2.57. The second-order valence-corrected chi connectivity index (χ2v) is 8.79. The van der Waals surface area contributed by atoms with Gasteiger partial charge in [0.15, 0.2) is 0 Å². The van der Waals surface area contributed by atoms with E-state index in [1.165, 1.54) is 6.92 Å². The van der Waals surface area contributed by atoms with E-state index >= 15 is 0 Å². The molecule has 0 aromatic heterocycles. The number of fused-ring (bicyclic) bond motifs is 3. The quantitative estimate of drug-likeness (QED) is 0.684. The summed E-state index contributed by atoms with van der Waals surface area (Å²) in [5.41, 5.74) is 0.158. The molecule has 1 saturated heterocycles. The highest BCUT2D eigenvalue weighted by Gasteiger charge is 2.56. The summed E-state index contributed by atoms with van der Waals surface area (Å²) in [5, 5.41) is 0. The number of carbonyl (C=O) groups is 1. The summed E-state index contributed by atoms with van der Waals surface area (Å²) in [6.07, 6.45) is 4.01. The fraction of sp³-hybridized carbons (Fsp3) is 0.941. The van der Waals surface area contributed by atoms with E-state index in [-0.39, 0.29) is 35.4 Å². The summed E-state index contributed by atoms with van der Waals surface area (Å²) >= 11 is -1.67. The van der Waals surface area contributed by atoms with E-state index < -0.39 is 11.4 Å². The van der Waals surface area contributed by atoms with Crippen molar-refractivity contribution in [3.63, 3.8) is 0 Å². The van der Waals surface area contributed by atoms with E-state index in [9.17, 15) is 9.00 Å². The first-order chi connectivity index (χ1) is 10.8. The van der Waals surface area contributed by atoms with Crippen molar-refractivity contribution in [3.05, 3.63) is 0 Å². The number of ether oxygens (including phenoxy) is 1. The Morgan fingerprint density at radius 1 is 1.26 bits per heavy atom. The first-order valence-corrected chi connectivity index (χ1v) is 9.71. The van der Waals surface area contributed by atoms with Gasteiger partial charge in [-0.3, -0.25) is 13.2 Å². The molecule has 3 rings (SSSR count). The van der Waals surface area contributed by atoms with Gasteiger partial charge in [-0.1, -0.05) is 20.8 Å². The number of hydrogen-bond donors (Lipinski definition) is 0. The van der Waals surface area contributed by atoms with E-state index in [1.807, 2.05) is 0 Å². The molecule has 0 N–H and O–H groups in total. The summed E-state index contributed by atoms with van der Waals surface area (Å²) in [6, 6.07) is 0. The summed E-state index contributed by atoms with van der Waals surface area (Å²) in [4.78, 5) is 11.4. The zero-order valence-corrected chi connectivity index (χ0v) is 15.3. The summed E-state index contributed by atoms with van der Waals surface area (Å²) in [5.74, 6) is 0.912. The Kier molecular flexibility index (Phi) is 4.87. The molecule has 0 spiro atoms. The normalized spacial score (nSPS) is 50.3. The van der Waals surface area contributed by atoms with E-state index in [0.29, 0.717) is 18.4 Å². The Labute approximate surface area is 141 Å². The molecule has 23 heavy (non-hydrogen) atoms. The molecule has 0 radical (unpaired) electrons. The van der Waals surface area contributed by atoms with Crippen LogP contribution in [0.4, 0.5) is 0 Å². The topological polar surface area (TPSA) is 61.8 Å². The van der Waals surface area contributed by atoms with Gasteiger partial charge in [-0.15, -0.1) is 0 Å². The summed E-state index contributed by atoms with van der Waals surface area (Å²) < 4.78 is 28.7. The second kappa shape index (κ2) is 6.45. The predicted octanol–water partition coefficient (Wildman–Crippen LogP) is 3.01. The molecule has 0 amide bonds. The van der Waals surface area contributed by atoms with Gasteiger partial charge in [0.05, 0.1) is 12.7 Å². The maximum absolute atomic E-state index is 12.0. The molecular formula is C17H28O5S. The molecule has 6 heteroatoms. The minimum Gasteiger partial charge on any atom is -0.462 e. The van der Waals surface area contributed by atoms with Crippen LogP contribution in [0, 0.1) is 29.1 Å². The third kappa shape index (κ3) is 3.22. The molecule has 2 aliphatic carbocycles. The van der Waals surface area contributed by atoms with Gasteiger partial charge in [-0.05, 0) is 54.8 Å². The first-order valence-electron chi connectivity index (χ1n) is 8.71. The molecule has 3 fully saturated rings. The molecule has 5 nitrogen and oxygen atoms in total. The lowest BCUT2D eigenvalue weighted by atomic mass is 9.52. The molecule has 2 saturated carbocycles. The Morgan fingerprint density at radius 3 is 2.65 bits per heavy atom. The van der Waals surface area contributed by atoms with Gasteiger partial charge in [-0.25, -0.2) is 0 Å². The average molecular weight is 344 g/mol. The summed E-state index contributed by atoms with van der Waals surface area (Å²) in [7, 11) is 0. The largest absolute Gasteiger partial charge is 0.462 e. The van der Waals surface area contributed by atoms with Crippen LogP contribution in [-0.2, 0) is 29.3 Å². The lowest BCUT2D eigenvalue weighted by Crippen LogP contribution is -2.55. The monoisotopic (exact) mass is 344 g/mol. The van der Waals surface area contributed by atoms with Crippen molar-refractivity contribution in [1.82, 2.24) is 0 Å². The molecule has 1 unspecified atom stereocenters.